The number of thiazole rings is 1. The number of amides is 1. The molecule has 0 aromatic carbocycles. The summed E-state index contributed by atoms with van der Waals surface area (Å²) in [5, 5.41) is 26.3. The second kappa shape index (κ2) is 13.0. The number of oxime groups is 1. The number of nitrogens with zero attached hydrogens (tertiary/aromatic N) is 7. The number of aromatic nitrogens is 4. The highest BCUT2D eigenvalue weighted by molar-refractivity contribution is 8.00. The Hall–Kier alpha value is -5.21. The third-order valence-electron chi connectivity index (χ3n) is 7.84. The summed E-state index contributed by atoms with van der Waals surface area (Å²) in [5.41, 5.74) is 16.7. The van der Waals surface area contributed by atoms with Crippen molar-refractivity contribution in [2.24, 2.45) is 27.5 Å². The second-order valence-corrected chi connectivity index (χ2v) is 14.7. The molecule has 2 aliphatic heterocycles. The number of carbonyl (C=O) groups is 4. The van der Waals surface area contributed by atoms with E-state index in [-0.39, 0.29) is 41.2 Å². The highest BCUT2D eigenvalue weighted by Gasteiger charge is 2.54. The largest absolute Gasteiger partial charge is 0.478 e. The predicted octanol–water partition coefficient (Wildman–Crippen LogP) is 1.20. The first kappa shape index (κ1) is 33.7. The fourth-order valence-corrected chi connectivity index (χ4v) is 8.15. The van der Waals surface area contributed by atoms with Gasteiger partial charge in [0, 0.05) is 27.8 Å². The molecule has 0 radical (unpaired) electrons. The van der Waals surface area contributed by atoms with Crippen molar-refractivity contribution in [3.63, 3.8) is 0 Å². The van der Waals surface area contributed by atoms with Gasteiger partial charge in [0.1, 0.15) is 24.1 Å². The lowest BCUT2D eigenvalue weighted by molar-refractivity contribution is -0.661. The number of β-lactam (4-membered cyclic amide) rings is 1. The maximum absolute atomic E-state index is 13.5. The number of carboxylic acids is 2. The zero-order chi connectivity index (χ0) is 35.2. The van der Waals surface area contributed by atoms with E-state index in [2.05, 4.69) is 15.1 Å². The molecule has 1 amide bonds. The van der Waals surface area contributed by atoms with Gasteiger partial charge in [-0.05, 0) is 25.5 Å². The van der Waals surface area contributed by atoms with E-state index in [1.807, 2.05) is 49.9 Å². The second-order valence-electron chi connectivity index (χ2n) is 11.7. The summed E-state index contributed by atoms with van der Waals surface area (Å²) in [6.07, 6.45) is 5.30. The average Bonchev–Trinajstić information content (AvgIpc) is 3.83. The molecule has 0 spiro atoms. The van der Waals surface area contributed by atoms with Crippen LogP contribution in [0.25, 0.3) is 5.65 Å². The Morgan fingerprint density at radius 2 is 1.96 bits per heavy atom. The maximum Gasteiger partial charge on any atom is 0.352 e. The van der Waals surface area contributed by atoms with E-state index < -0.39 is 40.5 Å². The number of anilines is 1. The number of hydrogen-bond acceptors (Lipinski definition) is 12. The fraction of sp³-hybridized carbons (Fsp3) is 0.310. The van der Waals surface area contributed by atoms with Gasteiger partial charge in [0.2, 0.25) is 11.5 Å². The molecular weight excluding hydrogens is 697 g/mol. The van der Waals surface area contributed by atoms with Gasteiger partial charge in [0.25, 0.3) is 0 Å². The van der Waals surface area contributed by atoms with Gasteiger partial charge in [0.05, 0.1) is 35.8 Å². The van der Waals surface area contributed by atoms with E-state index in [1.165, 1.54) is 47.2 Å². The molecule has 1 fully saturated rings. The smallest absolute Gasteiger partial charge is 0.352 e. The molecule has 2 atom stereocenters. The average molecular weight is 728 g/mol. The normalized spacial score (nSPS) is 18.0. The zero-order valence-corrected chi connectivity index (χ0v) is 28.5. The number of ketones is 1. The van der Waals surface area contributed by atoms with Crippen LogP contribution in [0.15, 0.2) is 62.9 Å². The Bertz CT molecular complexity index is 2080. The van der Waals surface area contributed by atoms with Crippen LogP contribution < -0.4 is 21.8 Å². The van der Waals surface area contributed by atoms with E-state index in [0.717, 1.165) is 21.9 Å². The number of guanidine groups is 1. The molecule has 6 rings (SSSR count). The number of nitrogens with two attached hydrogens (primary N) is 3. The van der Waals surface area contributed by atoms with Gasteiger partial charge in [-0.3, -0.25) is 14.5 Å². The molecule has 0 bridgehead atoms. The molecule has 0 unspecified atom stereocenters. The minimum absolute atomic E-state index is 0.0167. The van der Waals surface area contributed by atoms with Crippen LogP contribution in [0, 0.1) is 5.92 Å². The molecule has 4 aromatic heterocycles. The number of nitrogen functional groups attached to an aromatic ring is 1. The summed E-state index contributed by atoms with van der Waals surface area (Å²) in [4.78, 5) is 66.6. The first-order valence-electron chi connectivity index (χ1n) is 14.6. The Morgan fingerprint density at radius 3 is 2.63 bits per heavy atom. The molecule has 8 N–H and O–H groups in total. The number of aliphatic imine (C=N–C) groups is 1. The highest BCUT2D eigenvalue weighted by Crippen LogP contribution is 2.45. The monoisotopic (exact) mass is 727 g/mol. The fourth-order valence-electron chi connectivity index (χ4n) is 5.40. The van der Waals surface area contributed by atoms with Crippen molar-refractivity contribution < 1.29 is 38.8 Å². The number of aliphatic carboxylic acids is 2. The van der Waals surface area contributed by atoms with Gasteiger partial charge in [0.15, 0.2) is 28.8 Å². The van der Waals surface area contributed by atoms with Gasteiger partial charge >= 0.3 is 17.6 Å². The van der Waals surface area contributed by atoms with Crippen molar-refractivity contribution in [2.45, 2.75) is 44.3 Å². The van der Waals surface area contributed by atoms with Gasteiger partial charge in [-0.2, -0.15) is 0 Å². The van der Waals surface area contributed by atoms with Crippen LogP contribution in [-0.2, 0) is 37.1 Å². The van der Waals surface area contributed by atoms with Crippen molar-refractivity contribution >= 4 is 86.2 Å². The summed E-state index contributed by atoms with van der Waals surface area (Å²) in [5.74, 6) is -4.24. The lowest BCUT2D eigenvalue weighted by atomic mass is 9.89. The van der Waals surface area contributed by atoms with E-state index >= 15 is 0 Å². The summed E-state index contributed by atoms with van der Waals surface area (Å²) < 4.78 is 5.79. The lowest BCUT2D eigenvalue weighted by Gasteiger charge is -2.49. The molecule has 6 heterocycles. The van der Waals surface area contributed by atoms with Crippen molar-refractivity contribution in [2.75, 3.05) is 11.5 Å². The molecule has 0 saturated carbocycles. The maximum atomic E-state index is 13.5. The van der Waals surface area contributed by atoms with Crippen LogP contribution in [0.3, 0.4) is 0 Å². The third-order valence-corrected chi connectivity index (χ3v) is 10.8. The number of Topliss-reactive ketones (excluding diaryl/α,β-unsaturated/α-hetero) is 1. The number of rotatable bonds is 13. The van der Waals surface area contributed by atoms with E-state index in [4.69, 9.17) is 22.0 Å². The molecule has 49 heavy (non-hydrogen) atoms. The summed E-state index contributed by atoms with van der Waals surface area (Å²) in [6, 6.07) is 3.82. The Labute approximate surface area is 289 Å². The van der Waals surface area contributed by atoms with Gasteiger partial charge < -0.3 is 32.3 Å². The van der Waals surface area contributed by atoms with Crippen molar-refractivity contribution in [1.29, 1.82) is 0 Å². The van der Waals surface area contributed by atoms with Gasteiger partial charge in [-0.1, -0.05) is 5.16 Å². The predicted molar refractivity (Wildman–Crippen MR) is 181 cm³/mol. The van der Waals surface area contributed by atoms with Crippen LogP contribution in [0.5, 0.6) is 0 Å². The number of imidazole rings is 1. The van der Waals surface area contributed by atoms with E-state index in [1.54, 1.807) is 0 Å². The molecule has 2 aliphatic rings. The van der Waals surface area contributed by atoms with Gasteiger partial charge in [-0.15, -0.1) is 39.0 Å². The van der Waals surface area contributed by atoms with Crippen molar-refractivity contribution in [1.82, 2.24) is 19.1 Å². The van der Waals surface area contributed by atoms with Crippen LogP contribution >= 0.6 is 34.4 Å². The zero-order valence-electron chi connectivity index (χ0n) is 26.0. The Balaban J connectivity index is 1.19. The number of fused-ring (bicyclic) bond motifs is 2. The Kier molecular flexibility index (Phi) is 8.94. The molecular formula is C29H31N10O7S3+. The molecule has 20 heteroatoms. The SMILES string of the molecule is CC(C)(O/N=C(\C(=O)C[C@@H]1C(=O)N2C(C(=O)O)=C(Cn3ccc4n3cc[n+]4Cc3cc(N=C(N)N)cs3)CS[C@H]12)c1csc(N)n1)C(=O)O. The summed E-state index contributed by atoms with van der Waals surface area (Å²) in [7, 11) is 0. The quantitative estimate of drug-likeness (QED) is 0.0428. The highest BCUT2D eigenvalue weighted by atomic mass is 32.2. The molecule has 1 saturated heterocycles. The molecule has 4 aromatic rings. The lowest BCUT2D eigenvalue weighted by Crippen LogP contribution is -2.62. The molecule has 17 nitrogen and oxygen atoms in total. The van der Waals surface area contributed by atoms with Crippen LogP contribution in [0.2, 0.25) is 0 Å². The third kappa shape index (κ3) is 6.61. The summed E-state index contributed by atoms with van der Waals surface area (Å²) in [6.45, 7) is 3.31. The first-order valence-corrected chi connectivity index (χ1v) is 17.4. The summed E-state index contributed by atoms with van der Waals surface area (Å²) >= 11 is 3.94. The number of carboxylic acid groups (broad SMARTS) is 2. The van der Waals surface area contributed by atoms with Crippen LogP contribution in [0.1, 0.15) is 30.8 Å². The van der Waals surface area contributed by atoms with Gasteiger partial charge in [-0.25, -0.2) is 28.8 Å². The number of thioether (sulfide) groups is 1. The number of hydrogen-bond donors (Lipinski definition) is 5. The standard InChI is InChI=1S/C29H30N10O7S3/c1-29(2,26(44)45)46-35-21(18-13-49-28(32)34-18)19(40)8-17-23(41)39-22(25(42)43)14(11-48-24(17)39)9-37-4-3-20-36(5-6-38(20)37)10-16-7-15(12-47-16)33-27(30)31/h3-7,12-13,17,24H,8-11H2,1-2H3,(H7-,30,31,32,33,34,42,43,44,45)/p+1/b35-21-/t17-,24-/m1/s1. The minimum atomic E-state index is -1.75. The van der Waals surface area contributed by atoms with Crippen LogP contribution in [-0.4, -0.2) is 81.3 Å². The topological polar surface area (TPSA) is 250 Å². The molecule has 0 aliphatic carbocycles. The minimum Gasteiger partial charge on any atom is -0.478 e. The van der Waals surface area contributed by atoms with E-state index in [0.29, 0.717) is 23.6 Å². The number of carbonyl (C=O) groups excluding carboxylic acids is 2. The van der Waals surface area contributed by atoms with Crippen molar-refractivity contribution in [3.05, 3.63) is 63.3 Å². The number of thiophene rings is 1. The van der Waals surface area contributed by atoms with Crippen LogP contribution in [0.4, 0.5) is 10.8 Å². The Morgan fingerprint density at radius 1 is 1.18 bits per heavy atom. The van der Waals surface area contributed by atoms with E-state index in [9.17, 15) is 29.4 Å². The first-order chi connectivity index (χ1) is 23.2. The molecule has 256 valence electrons. The van der Waals surface area contributed by atoms with Crippen molar-refractivity contribution in [3.8, 4) is 0 Å².